The molecule has 0 spiro atoms. The molecular weight excluding hydrogens is 430 g/mol. The lowest BCUT2D eigenvalue weighted by atomic mass is 10.1. The van der Waals surface area contributed by atoms with Gasteiger partial charge < -0.3 is 15.1 Å². The zero-order chi connectivity index (χ0) is 23.8. The first-order valence-corrected chi connectivity index (χ1v) is 12.2. The second kappa shape index (κ2) is 11.7. The fraction of sp³-hybridized carbons (Fsp3) is 0.333. The van der Waals surface area contributed by atoms with E-state index in [0.29, 0.717) is 13.1 Å². The van der Waals surface area contributed by atoms with Gasteiger partial charge in [0.05, 0.1) is 6.54 Å². The lowest BCUT2D eigenvalue weighted by Gasteiger charge is -2.30. The van der Waals surface area contributed by atoms with Crippen molar-refractivity contribution in [2.45, 2.75) is 53.2 Å². The third kappa shape index (κ3) is 7.19. The van der Waals surface area contributed by atoms with Crippen molar-refractivity contribution in [1.29, 1.82) is 0 Å². The Kier molecular flexibility index (Phi) is 8.66. The van der Waals surface area contributed by atoms with Gasteiger partial charge in [0.25, 0.3) is 0 Å². The van der Waals surface area contributed by atoms with Crippen LogP contribution in [-0.2, 0) is 24.3 Å². The fourth-order valence-corrected chi connectivity index (χ4v) is 4.50. The minimum absolute atomic E-state index is 0.0220. The molecule has 0 aliphatic carbocycles. The normalized spacial score (nSPS) is 10.8. The van der Waals surface area contributed by atoms with E-state index in [1.165, 1.54) is 4.88 Å². The number of urea groups is 1. The van der Waals surface area contributed by atoms with Gasteiger partial charge in [0.15, 0.2) is 0 Å². The van der Waals surface area contributed by atoms with Crippen LogP contribution in [0.3, 0.4) is 0 Å². The SMILES string of the molecule is CCc1cccc(NC(=O)N(CC(=O)N(Cc2ccccc2)Cc2ccc(C)s2)C(C)C)c1. The van der Waals surface area contributed by atoms with E-state index in [2.05, 4.69) is 31.3 Å². The second-order valence-corrected chi connectivity index (χ2v) is 9.83. The lowest BCUT2D eigenvalue weighted by molar-refractivity contribution is -0.133. The highest BCUT2D eigenvalue weighted by atomic mass is 32.1. The third-order valence-corrected chi connectivity index (χ3v) is 6.47. The number of nitrogens with zero attached hydrogens (tertiary/aromatic N) is 2. The monoisotopic (exact) mass is 463 g/mol. The summed E-state index contributed by atoms with van der Waals surface area (Å²) in [6, 6.07) is 21.5. The number of anilines is 1. The molecule has 0 aliphatic heterocycles. The minimum atomic E-state index is -0.266. The lowest BCUT2D eigenvalue weighted by Crippen LogP contribution is -2.47. The number of aryl methyl sites for hydroxylation is 2. The fourth-order valence-electron chi connectivity index (χ4n) is 3.59. The Hall–Kier alpha value is -3.12. The molecule has 174 valence electrons. The van der Waals surface area contributed by atoms with Crippen LogP contribution in [0.4, 0.5) is 10.5 Å². The molecule has 0 saturated heterocycles. The molecule has 0 radical (unpaired) electrons. The summed E-state index contributed by atoms with van der Waals surface area (Å²) in [6.45, 7) is 9.06. The number of carbonyl (C=O) groups excluding carboxylic acids is 2. The maximum Gasteiger partial charge on any atom is 0.322 e. The molecule has 1 heterocycles. The predicted molar refractivity (Wildman–Crippen MR) is 136 cm³/mol. The topological polar surface area (TPSA) is 52.7 Å². The van der Waals surface area contributed by atoms with Crippen LogP contribution < -0.4 is 5.32 Å². The number of hydrogen-bond donors (Lipinski definition) is 1. The van der Waals surface area contributed by atoms with E-state index in [4.69, 9.17) is 0 Å². The molecule has 5 nitrogen and oxygen atoms in total. The number of thiophene rings is 1. The van der Waals surface area contributed by atoms with Crippen LogP contribution in [0.15, 0.2) is 66.7 Å². The first-order chi connectivity index (χ1) is 15.9. The Balaban J connectivity index is 1.75. The number of nitrogens with one attached hydrogen (secondary N) is 1. The van der Waals surface area contributed by atoms with E-state index in [0.717, 1.165) is 28.1 Å². The molecule has 33 heavy (non-hydrogen) atoms. The summed E-state index contributed by atoms with van der Waals surface area (Å²) in [4.78, 5) is 32.3. The van der Waals surface area contributed by atoms with Crippen molar-refractivity contribution in [3.8, 4) is 0 Å². The van der Waals surface area contributed by atoms with Crippen molar-refractivity contribution in [2.24, 2.45) is 0 Å². The average molecular weight is 464 g/mol. The summed E-state index contributed by atoms with van der Waals surface area (Å²) in [7, 11) is 0. The van der Waals surface area contributed by atoms with Gasteiger partial charge in [-0.25, -0.2) is 4.79 Å². The van der Waals surface area contributed by atoms with Gasteiger partial charge in [0.2, 0.25) is 5.91 Å². The van der Waals surface area contributed by atoms with Crippen molar-refractivity contribution >= 4 is 29.0 Å². The molecule has 0 unspecified atom stereocenters. The Morgan fingerprint density at radius 1 is 0.939 bits per heavy atom. The molecule has 0 aliphatic rings. The largest absolute Gasteiger partial charge is 0.332 e. The molecule has 1 aromatic heterocycles. The van der Waals surface area contributed by atoms with Crippen LogP contribution in [0.2, 0.25) is 0 Å². The number of carbonyl (C=O) groups is 2. The van der Waals surface area contributed by atoms with Gasteiger partial charge in [-0.1, -0.05) is 49.4 Å². The highest BCUT2D eigenvalue weighted by Crippen LogP contribution is 2.19. The number of amides is 3. The average Bonchev–Trinajstić information content (AvgIpc) is 3.21. The summed E-state index contributed by atoms with van der Waals surface area (Å²) in [5.41, 5.74) is 2.96. The van der Waals surface area contributed by atoms with Gasteiger partial charge in [-0.05, 0) is 62.6 Å². The molecule has 2 aromatic carbocycles. The third-order valence-electron chi connectivity index (χ3n) is 5.49. The van der Waals surface area contributed by atoms with Crippen molar-refractivity contribution in [1.82, 2.24) is 9.80 Å². The standard InChI is InChI=1S/C27H33N3O2S/c1-5-22-12-9-13-24(16-22)28-27(32)30(20(2)3)19-26(31)29(17-23-10-7-6-8-11-23)18-25-15-14-21(4)33-25/h6-16,20H,5,17-19H2,1-4H3,(H,28,32). The Morgan fingerprint density at radius 3 is 2.30 bits per heavy atom. The number of benzene rings is 2. The molecule has 0 bridgehead atoms. The highest BCUT2D eigenvalue weighted by molar-refractivity contribution is 7.11. The van der Waals surface area contributed by atoms with E-state index in [1.54, 1.807) is 16.2 Å². The molecule has 0 atom stereocenters. The van der Waals surface area contributed by atoms with Gasteiger partial charge in [-0.2, -0.15) is 0 Å². The highest BCUT2D eigenvalue weighted by Gasteiger charge is 2.24. The van der Waals surface area contributed by atoms with Crippen molar-refractivity contribution in [3.05, 3.63) is 87.6 Å². The van der Waals surface area contributed by atoms with Crippen LogP contribution >= 0.6 is 11.3 Å². The zero-order valence-electron chi connectivity index (χ0n) is 19.9. The summed E-state index contributed by atoms with van der Waals surface area (Å²) < 4.78 is 0. The molecule has 3 amide bonds. The molecule has 3 aromatic rings. The second-order valence-electron chi connectivity index (χ2n) is 8.45. The van der Waals surface area contributed by atoms with Crippen LogP contribution in [0.25, 0.3) is 0 Å². The molecular formula is C27H33N3O2S. The summed E-state index contributed by atoms with van der Waals surface area (Å²) in [5.74, 6) is -0.0731. The van der Waals surface area contributed by atoms with E-state index in [-0.39, 0.29) is 24.5 Å². The predicted octanol–water partition coefficient (Wildman–Crippen LogP) is 6.09. The van der Waals surface area contributed by atoms with Gasteiger partial charge in [-0.3, -0.25) is 4.79 Å². The van der Waals surface area contributed by atoms with Crippen LogP contribution in [0.1, 0.15) is 41.7 Å². The molecule has 6 heteroatoms. The van der Waals surface area contributed by atoms with Crippen LogP contribution in [-0.4, -0.2) is 34.3 Å². The summed E-state index contributed by atoms with van der Waals surface area (Å²) in [6.07, 6.45) is 0.896. The van der Waals surface area contributed by atoms with Gasteiger partial charge in [0, 0.05) is 28.0 Å². The van der Waals surface area contributed by atoms with Gasteiger partial charge in [0.1, 0.15) is 6.54 Å². The maximum absolute atomic E-state index is 13.4. The van der Waals surface area contributed by atoms with Crippen molar-refractivity contribution in [3.63, 3.8) is 0 Å². The van der Waals surface area contributed by atoms with Crippen molar-refractivity contribution < 1.29 is 9.59 Å². The van der Waals surface area contributed by atoms with E-state index < -0.39 is 0 Å². The summed E-state index contributed by atoms with van der Waals surface area (Å²) in [5, 5.41) is 2.96. The number of rotatable bonds is 9. The van der Waals surface area contributed by atoms with Crippen LogP contribution in [0, 0.1) is 6.92 Å². The number of hydrogen-bond acceptors (Lipinski definition) is 3. The Bertz CT molecular complexity index is 1060. The van der Waals surface area contributed by atoms with Gasteiger partial charge in [-0.15, -0.1) is 11.3 Å². The molecule has 3 rings (SSSR count). The van der Waals surface area contributed by atoms with E-state index in [9.17, 15) is 9.59 Å². The van der Waals surface area contributed by atoms with E-state index in [1.807, 2.05) is 73.3 Å². The van der Waals surface area contributed by atoms with E-state index >= 15 is 0 Å². The maximum atomic E-state index is 13.4. The molecule has 0 saturated carbocycles. The van der Waals surface area contributed by atoms with Gasteiger partial charge >= 0.3 is 6.03 Å². The Labute approximate surface area is 201 Å². The minimum Gasteiger partial charge on any atom is -0.332 e. The smallest absolute Gasteiger partial charge is 0.322 e. The Morgan fingerprint density at radius 2 is 1.67 bits per heavy atom. The van der Waals surface area contributed by atoms with Crippen molar-refractivity contribution in [2.75, 3.05) is 11.9 Å². The molecule has 0 fully saturated rings. The first-order valence-electron chi connectivity index (χ1n) is 11.4. The zero-order valence-corrected chi connectivity index (χ0v) is 20.7. The molecule has 1 N–H and O–H groups in total. The quantitative estimate of drug-likeness (QED) is 0.417. The first kappa shape index (κ1) is 24.5. The van der Waals surface area contributed by atoms with Crippen LogP contribution in [0.5, 0.6) is 0 Å². The summed E-state index contributed by atoms with van der Waals surface area (Å²) >= 11 is 1.69.